The van der Waals surface area contributed by atoms with Gasteiger partial charge in [-0.2, -0.15) is 5.43 Å². The summed E-state index contributed by atoms with van der Waals surface area (Å²) in [5.41, 5.74) is 9.44. The predicted octanol–water partition coefficient (Wildman–Crippen LogP) is 2.42. The van der Waals surface area contributed by atoms with E-state index in [9.17, 15) is 4.79 Å². The van der Waals surface area contributed by atoms with Crippen LogP contribution in [0.4, 0.5) is 11.4 Å². The topological polar surface area (TPSA) is 62.4 Å². The average molecular weight is 281 g/mol. The molecule has 0 aliphatic carbocycles. The SMILES string of the molecule is Cc1cc(C)c2c(c1)NC(=O)[C@]21NNc2ccccc2O1. The van der Waals surface area contributed by atoms with Gasteiger partial charge in [0, 0.05) is 5.56 Å². The standard InChI is InChI=1S/C16H15N3O2/c1-9-7-10(2)14-12(8-9)17-15(20)16(14)19-18-11-5-3-4-6-13(11)21-16/h3-8,18-19H,1-2H3,(H,17,20)/t16-/m0/s1. The number of hydrogen-bond acceptors (Lipinski definition) is 4. The van der Waals surface area contributed by atoms with Gasteiger partial charge in [0.15, 0.2) is 0 Å². The quantitative estimate of drug-likeness (QED) is 0.694. The number of anilines is 2. The first-order chi connectivity index (χ1) is 10.1. The average Bonchev–Trinajstić information content (AvgIpc) is 2.71. The lowest BCUT2D eigenvalue weighted by molar-refractivity contribution is -0.134. The molecule has 2 aliphatic heterocycles. The van der Waals surface area contributed by atoms with Crippen LogP contribution in [0.3, 0.4) is 0 Å². The van der Waals surface area contributed by atoms with E-state index in [0.717, 1.165) is 28.1 Å². The highest BCUT2D eigenvalue weighted by Gasteiger charge is 2.52. The lowest BCUT2D eigenvalue weighted by Gasteiger charge is -2.36. The minimum Gasteiger partial charge on any atom is -0.455 e. The molecule has 106 valence electrons. The van der Waals surface area contributed by atoms with Crippen LogP contribution in [0.25, 0.3) is 0 Å². The number of carbonyl (C=O) groups excluding carboxylic acids is 1. The number of hydrogen-bond donors (Lipinski definition) is 3. The zero-order chi connectivity index (χ0) is 14.6. The van der Waals surface area contributed by atoms with Crippen molar-refractivity contribution in [3.8, 4) is 5.75 Å². The predicted molar refractivity (Wildman–Crippen MR) is 80.1 cm³/mol. The highest BCUT2D eigenvalue weighted by molar-refractivity contribution is 6.06. The van der Waals surface area contributed by atoms with Crippen molar-refractivity contribution in [1.82, 2.24) is 5.43 Å². The van der Waals surface area contributed by atoms with E-state index in [-0.39, 0.29) is 5.91 Å². The van der Waals surface area contributed by atoms with Gasteiger partial charge in [0.2, 0.25) is 0 Å². The summed E-state index contributed by atoms with van der Waals surface area (Å²) in [5.74, 6) is 0.437. The number of amides is 1. The first kappa shape index (κ1) is 12.2. The molecule has 2 heterocycles. The Morgan fingerprint density at radius 3 is 2.76 bits per heavy atom. The Balaban J connectivity index is 1.90. The van der Waals surface area contributed by atoms with Crippen molar-refractivity contribution in [3.63, 3.8) is 0 Å². The van der Waals surface area contributed by atoms with Crippen LogP contribution in [-0.4, -0.2) is 5.91 Å². The summed E-state index contributed by atoms with van der Waals surface area (Å²) in [6.07, 6.45) is 0. The molecule has 2 aromatic rings. The van der Waals surface area contributed by atoms with Crippen LogP contribution in [0.1, 0.15) is 16.7 Å². The number of ether oxygens (including phenoxy) is 1. The minimum absolute atomic E-state index is 0.215. The maximum atomic E-state index is 12.5. The van der Waals surface area contributed by atoms with Crippen molar-refractivity contribution in [2.24, 2.45) is 0 Å². The van der Waals surface area contributed by atoms with Gasteiger partial charge in [-0.05, 0) is 43.2 Å². The molecule has 0 saturated carbocycles. The molecule has 5 heteroatoms. The molecule has 4 rings (SSSR count). The van der Waals surface area contributed by atoms with Crippen molar-refractivity contribution < 1.29 is 9.53 Å². The van der Waals surface area contributed by atoms with Gasteiger partial charge < -0.3 is 15.5 Å². The molecule has 2 aromatic carbocycles. The van der Waals surface area contributed by atoms with E-state index >= 15 is 0 Å². The third-order valence-corrected chi connectivity index (χ3v) is 3.92. The first-order valence-corrected chi connectivity index (χ1v) is 6.84. The van der Waals surface area contributed by atoms with Crippen LogP contribution in [0.5, 0.6) is 5.75 Å². The molecule has 2 aliphatic rings. The van der Waals surface area contributed by atoms with E-state index in [0.29, 0.717) is 5.75 Å². The van der Waals surface area contributed by atoms with Gasteiger partial charge in [0.05, 0.1) is 11.4 Å². The molecule has 0 bridgehead atoms. The van der Waals surface area contributed by atoms with E-state index in [4.69, 9.17) is 4.74 Å². The zero-order valence-electron chi connectivity index (χ0n) is 11.8. The van der Waals surface area contributed by atoms with Crippen LogP contribution in [-0.2, 0) is 10.5 Å². The van der Waals surface area contributed by atoms with Gasteiger partial charge in [0.1, 0.15) is 5.75 Å². The molecule has 0 unspecified atom stereocenters. The molecule has 1 amide bonds. The summed E-state index contributed by atoms with van der Waals surface area (Å²) in [6, 6.07) is 11.5. The van der Waals surface area contributed by atoms with Crippen molar-refractivity contribution in [1.29, 1.82) is 0 Å². The van der Waals surface area contributed by atoms with E-state index < -0.39 is 5.72 Å². The van der Waals surface area contributed by atoms with Crippen molar-refractivity contribution in [3.05, 3.63) is 53.1 Å². The van der Waals surface area contributed by atoms with Gasteiger partial charge in [0.25, 0.3) is 11.6 Å². The van der Waals surface area contributed by atoms with Crippen LogP contribution < -0.4 is 20.9 Å². The van der Waals surface area contributed by atoms with Crippen LogP contribution in [0.15, 0.2) is 36.4 Å². The second-order valence-corrected chi connectivity index (χ2v) is 5.49. The Morgan fingerprint density at radius 1 is 1.10 bits per heavy atom. The Morgan fingerprint density at radius 2 is 1.90 bits per heavy atom. The summed E-state index contributed by atoms with van der Waals surface area (Å²) in [6.45, 7) is 3.99. The van der Waals surface area contributed by atoms with Crippen molar-refractivity contribution in [2.45, 2.75) is 19.6 Å². The zero-order valence-corrected chi connectivity index (χ0v) is 11.8. The smallest absolute Gasteiger partial charge is 0.291 e. The second-order valence-electron chi connectivity index (χ2n) is 5.49. The molecule has 1 spiro atoms. The fourth-order valence-corrected chi connectivity index (χ4v) is 3.08. The molecule has 21 heavy (non-hydrogen) atoms. The summed E-state index contributed by atoms with van der Waals surface area (Å²) in [4.78, 5) is 12.5. The fraction of sp³-hybridized carbons (Fsp3) is 0.188. The van der Waals surface area contributed by atoms with Crippen LogP contribution in [0.2, 0.25) is 0 Å². The Hall–Kier alpha value is -2.53. The number of hydrazine groups is 1. The number of benzene rings is 2. The van der Waals surface area contributed by atoms with Gasteiger partial charge in [-0.15, -0.1) is 0 Å². The molecule has 3 N–H and O–H groups in total. The van der Waals surface area contributed by atoms with Crippen LogP contribution in [0, 0.1) is 13.8 Å². The number of fused-ring (bicyclic) bond motifs is 3. The fourth-order valence-electron chi connectivity index (χ4n) is 3.08. The van der Waals surface area contributed by atoms with Crippen molar-refractivity contribution >= 4 is 17.3 Å². The summed E-state index contributed by atoms with van der Waals surface area (Å²) in [5, 5.41) is 2.90. The summed E-state index contributed by atoms with van der Waals surface area (Å²) >= 11 is 0. The van der Waals surface area contributed by atoms with E-state index in [1.807, 2.05) is 50.2 Å². The highest BCUT2D eigenvalue weighted by Crippen LogP contribution is 2.43. The number of nitrogens with one attached hydrogen (secondary N) is 3. The number of para-hydroxylation sites is 2. The molecule has 0 saturated heterocycles. The maximum absolute atomic E-state index is 12.5. The molecular formula is C16H15N3O2. The largest absolute Gasteiger partial charge is 0.455 e. The van der Waals surface area contributed by atoms with Gasteiger partial charge >= 0.3 is 0 Å². The lowest BCUT2D eigenvalue weighted by Crippen LogP contribution is -2.57. The normalized spacial score (nSPS) is 22.1. The van der Waals surface area contributed by atoms with Crippen molar-refractivity contribution in [2.75, 3.05) is 10.7 Å². The summed E-state index contributed by atoms with van der Waals surface area (Å²) < 4.78 is 6.05. The molecule has 0 aromatic heterocycles. The Bertz CT molecular complexity index is 772. The number of rotatable bonds is 0. The van der Waals surface area contributed by atoms with Crippen LogP contribution >= 0.6 is 0 Å². The molecule has 1 atom stereocenters. The van der Waals surface area contributed by atoms with Gasteiger partial charge in [-0.25, -0.2) is 0 Å². The maximum Gasteiger partial charge on any atom is 0.291 e. The first-order valence-electron chi connectivity index (χ1n) is 6.84. The molecule has 0 radical (unpaired) electrons. The highest BCUT2D eigenvalue weighted by atomic mass is 16.5. The number of carbonyl (C=O) groups is 1. The van der Waals surface area contributed by atoms with E-state index in [1.165, 1.54) is 0 Å². The second kappa shape index (κ2) is 3.99. The summed E-state index contributed by atoms with van der Waals surface area (Å²) in [7, 11) is 0. The lowest BCUT2D eigenvalue weighted by atomic mass is 9.96. The molecular weight excluding hydrogens is 266 g/mol. The number of aryl methyl sites for hydroxylation is 2. The third-order valence-electron chi connectivity index (χ3n) is 3.92. The van der Waals surface area contributed by atoms with Gasteiger partial charge in [-0.3, -0.25) is 4.79 Å². The Kier molecular flexibility index (Phi) is 2.32. The van der Waals surface area contributed by atoms with Gasteiger partial charge in [-0.1, -0.05) is 18.2 Å². The third kappa shape index (κ3) is 1.58. The monoisotopic (exact) mass is 281 g/mol. The molecule has 0 fully saturated rings. The Labute approximate surface area is 122 Å². The molecule has 5 nitrogen and oxygen atoms in total. The minimum atomic E-state index is -1.22. The van der Waals surface area contributed by atoms with E-state index in [2.05, 4.69) is 16.2 Å². The van der Waals surface area contributed by atoms with E-state index in [1.54, 1.807) is 0 Å².